The highest BCUT2D eigenvalue weighted by Crippen LogP contribution is 2.26. The van der Waals surface area contributed by atoms with Crippen molar-refractivity contribution in [1.82, 2.24) is 10.3 Å². The third-order valence-corrected chi connectivity index (χ3v) is 5.30. The van der Waals surface area contributed by atoms with Crippen LogP contribution in [-0.4, -0.2) is 29.4 Å². The lowest BCUT2D eigenvalue weighted by Gasteiger charge is -2.13. The third-order valence-electron chi connectivity index (χ3n) is 5.30. The molecule has 0 aliphatic heterocycles. The Morgan fingerprint density at radius 1 is 0.914 bits per heavy atom. The Morgan fingerprint density at radius 2 is 1.71 bits per heavy atom. The number of nitrogens with two attached hydrogens (primary N) is 1. The van der Waals surface area contributed by atoms with E-state index in [1.54, 1.807) is 49.4 Å². The van der Waals surface area contributed by atoms with Gasteiger partial charge in [0.25, 0.3) is 5.91 Å². The molecule has 8 nitrogen and oxygen atoms in total. The van der Waals surface area contributed by atoms with Crippen LogP contribution in [0.4, 0.5) is 0 Å². The highest BCUT2D eigenvalue weighted by molar-refractivity contribution is 6.05. The summed E-state index contributed by atoms with van der Waals surface area (Å²) in [6.07, 6.45) is 1.51. The van der Waals surface area contributed by atoms with E-state index < -0.39 is 17.8 Å². The molecule has 0 atom stereocenters. The monoisotopic (exact) mass is 469 g/mol. The van der Waals surface area contributed by atoms with E-state index in [1.807, 2.05) is 24.3 Å². The highest BCUT2D eigenvalue weighted by atomic mass is 16.5. The number of rotatable bonds is 8. The molecular weight excluding hydrogens is 446 g/mol. The van der Waals surface area contributed by atoms with Crippen LogP contribution in [0.25, 0.3) is 10.8 Å². The molecule has 176 valence electrons. The van der Waals surface area contributed by atoms with E-state index in [2.05, 4.69) is 10.3 Å². The number of amides is 2. The van der Waals surface area contributed by atoms with Gasteiger partial charge in [0.1, 0.15) is 11.3 Å². The zero-order valence-corrected chi connectivity index (χ0v) is 19.0. The first-order valence-electron chi connectivity index (χ1n) is 11.0. The molecule has 0 unspecified atom stereocenters. The van der Waals surface area contributed by atoms with Gasteiger partial charge < -0.3 is 20.5 Å². The third kappa shape index (κ3) is 5.27. The molecule has 0 saturated heterocycles. The van der Waals surface area contributed by atoms with Gasteiger partial charge in [0.05, 0.1) is 12.2 Å². The number of primary amides is 1. The molecule has 35 heavy (non-hydrogen) atoms. The number of hydrogen-bond donors (Lipinski definition) is 2. The Kier molecular flexibility index (Phi) is 7.02. The molecule has 1 heterocycles. The molecule has 0 aliphatic rings. The maximum absolute atomic E-state index is 13.0. The van der Waals surface area contributed by atoms with Gasteiger partial charge in [-0.1, -0.05) is 36.4 Å². The SMILES string of the molecule is CCOC(=O)c1ccc(CNC(=O)c2cccnc2Oc2cccc(C(N)=O)c2)c2ccccc12. The molecule has 0 saturated carbocycles. The van der Waals surface area contributed by atoms with E-state index in [1.165, 1.54) is 12.3 Å². The van der Waals surface area contributed by atoms with Gasteiger partial charge in [0.15, 0.2) is 0 Å². The number of esters is 1. The minimum atomic E-state index is -0.587. The number of benzene rings is 3. The van der Waals surface area contributed by atoms with E-state index in [-0.39, 0.29) is 30.2 Å². The van der Waals surface area contributed by atoms with Gasteiger partial charge in [0, 0.05) is 18.3 Å². The van der Waals surface area contributed by atoms with E-state index in [9.17, 15) is 14.4 Å². The van der Waals surface area contributed by atoms with Crippen molar-refractivity contribution in [2.75, 3.05) is 6.61 Å². The fourth-order valence-electron chi connectivity index (χ4n) is 3.64. The maximum Gasteiger partial charge on any atom is 0.338 e. The van der Waals surface area contributed by atoms with Crippen molar-refractivity contribution in [1.29, 1.82) is 0 Å². The predicted octanol–water partition coefficient (Wildman–Crippen LogP) is 4.23. The molecular formula is C27H23N3O5. The van der Waals surface area contributed by atoms with Crippen molar-refractivity contribution in [3.63, 3.8) is 0 Å². The number of nitrogens with zero attached hydrogens (tertiary/aromatic N) is 1. The zero-order valence-electron chi connectivity index (χ0n) is 19.0. The second kappa shape index (κ2) is 10.5. The summed E-state index contributed by atoms with van der Waals surface area (Å²) in [5.41, 5.74) is 7.14. The molecule has 2 amide bonds. The summed E-state index contributed by atoms with van der Waals surface area (Å²) in [4.78, 5) is 41.0. The number of carbonyl (C=O) groups excluding carboxylic acids is 3. The van der Waals surface area contributed by atoms with E-state index in [0.29, 0.717) is 11.3 Å². The Morgan fingerprint density at radius 3 is 2.49 bits per heavy atom. The standard InChI is InChI=1S/C27H23N3O5/c1-2-34-27(33)22-13-12-18(20-9-3-4-10-21(20)22)16-30-25(32)23-11-6-14-29-26(23)35-19-8-5-7-17(15-19)24(28)31/h3-15H,2,16H2,1H3,(H2,28,31)(H,30,32). The van der Waals surface area contributed by atoms with Gasteiger partial charge >= 0.3 is 5.97 Å². The summed E-state index contributed by atoms with van der Waals surface area (Å²) in [6, 6.07) is 20.5. The van der Waals surface area contributed by atoms with Crippen molar-refractivity contribution in [3.05, 3.63) is 101 Å². The van der Waals surface area contributed by atoms with Crippen LogP contribution in [0.15, 0.2) is 79.0 Å². The lowest BCUT2D eigenvalue weighted by molar-refractivity contribution is 0.0528. The lowest BCUT2D eigenvalue weighted by Crippen LogP contribution is -2.23. The second-order valence-electron chi connectivity index (χ2n) is 7.57. The minimum absolute atomic E-state index is 0.0918. The van der Waals surface area contributed by atoms with Gasteiger partial charge in [-0.25, -0.2) is 9.78 Å². The van der Waals surface area contributed by atoms with E-state index in [0.717, 1.165) is 16.3 Å². The predicted molar refractivity (Wildman–Crippen MR) is 130 cm³/mol. The fourth-order valence-corrected chi connectivity index (χ4v) is 3.64. The number of pyridine rings is 1. The van der Waals surface area contributed by atoms with Gasteiger partial charge in [-0.3, -0.25) is 9.59 Å². The number of ether oxygens (including phenoxy) is 2. The van der Waals surface area contributed by atoms with Crippen LogP contribution >= 0.6 is 0 Å². The molecule has 8 heteroatoms. The van der Waals surface area contributed by atoms with Gasteiger partial charge in [-0.2, -0.15) is 0 Å². The van der Waals surface area contributed by atoms with Gasteiger partial charge in [0.2, 0.25) is 11.8 Å². The highest BCUT2D eigenvalue weighted by Gasteiger charge is 2.17. The van der Waals surface area contributed by atoms with Gasteiger partial charge in [-0.15, -0.1) is 0 Å². The average molecular weight is 469 g/mol. The molecule has 4 rings (SSSR count). The number of nitrogens with one attached hydrogen (secondary N) is 1. The fraction of sp³-hybridized carbons (Fsp3) is 0.111. The molecule has 4 aromatic rings. The van der Waals surface area contributed by atoms with Crippen molar-refractivity contribution in [3.8, 4) is 11.6 Å². The molecule has 3 aromatic carbocycles. The molecule has 0 bridgehead atoms. The first-order chi connectivity index (χ1) is 17.0. The van der Waals surface area contributed by atoms with Crippen molar-refractivity contribution < 1.29 is 23.9 Å². The van der Waals surface area contributed by atoms with Crippen LogP contribution < -0.4 is 15.8 Å². The summed E-state index contributed by atoms with van der Waals surface area (Å²) in [5, 5.41) is 4.47. The van der Waals surface area contributed by atoms with Crippen molar-refractivity contribution in [2.45, 2.75) is 13.5 Å². The van der Waals surface area contributed by atoms with Crippen LogP contribution in [-0.2, 0) is 11.3 Å². The van der Waals surface area contributed by atoms with Gasteiger partial charge in [-0.05, 0) is 59.7 Å². The molecule has 0 spiro atoms. The topological polar surface area (TPSA) is 121 Å². The lowest BCUT2D eigenvalue weighted by atomic mass is 9.99. The summed E-state index contributed by atoms with van der Waals surface area (Å²) in [5.74, 6) is -0.950. The zero-order chi connectivity index (χ0) is 24.8. The Labute approximate surface area is 201 Å². The summed E-state index contributed by atoms with van der Waals surface area (Å²) < 4.78 is 10.9. The van der Waals surface area contributed by atoms with Crippen LogP contribution in [0.2, 0.25) is 0 Å². The largest absolute Gasteiger partial charge is 0.462 e. The molecule has 0 fully saturated rings. The summed E-state index contributed by atoms with van der Waals surface area (Å²) in [6.45, 7) is 2.26. The second-order valence-corrected chi connectivity index (χ2v) is 7.57. The van der Waals surface area contributed by atoms with E-state index >= 15 is 0 Å². The molecule has 0 radical (unpaired) electrons. The molecule has 0 aliphatic carbocycles. The van der Waals surface area contributed by atoms with Crippen LogP contribution in [0.1, 0.15) is 43.6 Å². The van der Waals surface area contributed by atoms with Crippen molar-refractivity contribution >= 4 is 28.6 Å². The minimum Gasteiger partial charge on any atom is -0.462 e. The van der Waals surface area contributed by atoms with Crippen LogP contribution in [0.3, 0.4) is 0 Å². The summed E-state index contributed by atoms with van der Waals surface area (Å²) >= 11 is 0. The van der Waals surface area contributed by atoms with E-state index in [4.69, 9.17) is 15.2 Å². The van der Waals surface area contributed by atoms with Crippen LogP contribution in [0.5, 0.6) is 11.6 Å². The number of hydrogen-bond acceptors (Lipinski definition) is 6. The Hall–Kier alpha value is -4.72. The Bertz CT molecular complexity index is 1420. The number of fused-ring (bicyclic) bond motifs is 1. The van der Waals surface area contributed by atoms with Crippen molar-refractivity contribution in [2.24, 2.45) is 5.73 Å². The quantitative estimate of drug-likeness (QED) is 0.373. The normalized spacial score (nSPS) is 10.5. The number of aromatic nitrogens is 1. The summed E-state index contributed by atoms with van der Waals surface area (Å²) in [7, 11) is 0. The smallest absolute Gasteiger partial charge is 0.338 e. The molecule has 1 aromatic heterocycles. The average Bonchev–Trinajstić information content (AvgIpc) is 2.87. The first-order valence-corrected chi connectivity index (χ1v) is 11.0. The van der Waals surface area contributed by atoms with Crippen LogP contribution in [0, 0.1) is 0 Å². The Balaban J connectivity index is 1.55. The molecule has 3 N–H and O–H groups in total. The number of carbonyl (C=O) groups is 3. The maximum atomic E-state index is 13.0. The first kappa shape index (κ1) is 23.4.